The lowest BCUT2D eigenvalue weighted by molar-refractivity contribution is 0.262. The number of nitrogens with one attached hydrogen (secondary N) is 3. The van der Waals surface area contributed by atoms with Crippen LogP contribution in [0, 0.1) is 6.92 Å². The van der Waals surface area contributed by atoms with E-state index in [0.717, 1.165) is 25.2 Å². The van der Waals surface area contributed by atoms with Crippen molar-refractivity contribution in [3.63, 3.8) is 0 Å². The number of benzene rings is 1. The number of hydrogen-bond acceptors (Lipinski definition) is 9. The molecule has 204 valence electrons. The zero-order chi connectivity index (χ0) is 28.1. The number of aryl methyl sites for hydroxylation is 1. The van der Waals surface area contributed by atoms with Gasteiger partial charge in [0.25, 0.3) is 20.2 Å². The molecular formula is C19H30Cl2N6O7S2. The molecule has 0 fully saturated rings. The number of carbonyl (C=O) groups excluding carboxylic acids is 1. The summed E-state index contributed by atoms with van der Waals surface area (Å²) in [6, 6.07) is 6.20. The first-order chi connectivity index (χ1) is 16.3. The minimum absolute atomic E-state index is 0.220. The average molecular weight is 590 g/mol. The molecule has 0 aliphatic carbocycles. The van der Waals surface area contributed by atoms with Gasteiger partial charge in [-0.15, -0.1) is 0 Å². The highest BCUT2D eigenvalue weighted by molar-refractivity contribution is 7.85. The van der Waals surface area contributed by atoms with E-state index in [2.05, 4.69) is 30.8 Å². The molecule has 0 aliphatic heterocycles. The van der Waals surface area contributed by atoms with Crippen molar-refractivity contribution in [1.82, 2.24) is 14.9 Å². The van der Waals surface area contributed by atoms with Gasteiger partial charge in [-0.3, -0.25) is 14.4 Å². The van der Waals surface area contributed by atoms with Gasteiger partial charge in [-0.2, -0.15) is 21.8 Å². The van der Waals surface area contributed by atoms with Crippen molar-refractivity contribution in [3.05, 3.63) is 40.0 Å². The number of urea groups is 1. The summed E-state index contributed by atoms with van der Waals surface area (Å²) in [6.45, 7) is 3.60. The molecule has 1 heterocycles. The third-order valence-corrected chi connectivity index (χ3v) is 4.08. The van der Waals surface area contributed by atoms with Gasteiger partial charge in [0.15, 0.2) is 0 Å². The molecule has 0 saturated heterocycles. The minimum Gasteiger partial charge on any atom is -0.370 e. The van der Waals surface area contributed by atoms with Gasteiger partial charge >= 0.3 is 6.03 Å². The maximum atomic E-state index is 12.1. The second kappa shape index (κ2) is 15.8. The van der Waals surface area contributed by atoms with E-state index in [1.54, 1.807) is 18.2 Å². The van der Waals surface area contributed by atoms with Crippen LogP contribution in [-0.2, 0) is 20.2 Å². The van der Waals surface area contributed by atoms with E-state index >= 15 is 0 Å². The lowest BCUT2D eigenvalue weighted by Gasteiger charge is -2.12. The monoisotopic (exact) mass is 588 g/mol. The fraction of sp³-hybridized carbons (Fsp3) is 0.421. The van der Waals surface area contributed by atoms with Crippen molar-refractivity contribution < 1.29 is 30.7 Å². The number of halogens is 2. The summed E-state index contributed by atoms with van der Waals surface area (Å²) < 4.78 is 51.7. The highest BCUT2D eigenvalue weighted by atomic mass is 35.5. The standard InChI is InChI=1S/C17H22Cl2N6O.2CH4O3S/c1-11-9-15(20-7-4-8-25(2)3)23-16(21-11)24-17(26)22-12-5-6-13(18)14(19)10-12;2*1-5(2,3)4/h5-6,9-10H,4,7-8H2,1-3H3,(H3,20,21,22,23,24,26);2*1H3,(H,2,3,4). The predicted octanol–water partition coefficient (Wildman–Crippen LogP) is 3.11. The number of carbonyl (C=O) groups is 1. The van der Waals surface area contributed by atoms with E-state index in [4.69, 9.17) is 32.3 Å². The Balaban J connectivity index is 0.00000104. The van der Waals surface area contributed by atoms with Gasteiger partial charge in [0.1, 0.15) is 5.82 Å². The molecule has 13 nitrogen and oxygen atoms in total. The van der Waals surface area contributed by atoms with Crippen LogP contribution in [0.2, 0.25) is 10.0 Å². The van der Waals surface area contributed by atoms with E-state index in [1.807, 2.05) is 27.1 Å². The normalized spacial score (nSPS) is 10.9. The number of nitrogens with zero attached hydrogens (tertiary/aromatic N) is 3. The highest BCUT2D eigenvalue weighted by Gasteiger charge is 2.08. The van der Waals surface area contributed by atoms with Gasteiger partial charge in [0, 0.05) is 24.0 Å². The number of hydrogen-bond donors (Lipinski definition) is 5. The molecule has 0 aliphatic rings. The average Bonchev–Trinajstić information content (AvgIpc) is 2.65. The summed E-state index contributed by atoms with van der Waals surface area (Å²) >= 11 is 11.8. The van der Waals surface area contributed by atoms with Gasteiger partial charge in [-0.25, -0.2) is 9.78 Å². The fourth-order valence-corrected chi connectivity index (χ4v) is 2.46. The lowest BCUT2D eigenvalue weighted by Crippen LogP contribution is -2.21. The minimum atomic E-state index is -3.67. The zero-order valence-electron chi connectivity index (χ0n) is 20.3. The third-order valence-electron chi connectivity index (χ3n) is 3.35. The van der Waals surface area contributed by atoms with E-state index in [1.165, 1.54) is 0 Å². The molecule has 0 atom stereocenters. The Labute approximate surface area is 221 Å². The van der Waals surface area contributed by atoms with E-state index in [0.29, 0.717) is 34.1 Å². The van der Waals surface area contributed by atoms with Gasteiger partial charge in [0.05, 0.1) is 22.6 Å². The van der Waals surface area contributed by atoms with Crippen LogP contribution < -0.4 is 16.0 Å². The second-order valence-electron chi connectivity index (χ2n) is 7.48. The second-order valence-corrected chi connectivity index (χ2v) is 11.2. The molecule has 0 radical (unpaired) electrons. The summed E-state index contributed by atoms with van der Waals surface area (Å²) in [5, 5.41) is 9.30. The van der Waals surface area contributed by atoms with Crippen molar-refractivity contribution in [1.29, 1.82) is 0 Å². The molecule has 0 unspecified atom stereocenters. The van der Waals surface area contributed by atoms with Gasteiger partial charge in [-0.05, 0) is 52.2 Å². The Kier molecular flexibility index (Phi) is 14.8. The highest BCUT2D eigenvalue weighted by Crippen LogP contribution is 2.25. The molecule has 0 spiro atoms. The molecule has 2 rings (SSSR count). The number of anilines is 3. The van der Waals surface area contributed by atoms with Crippen LogP contribution in [0.15, 0.2) is 24.3 Å². The van der Waals surface area contributed by atoms with E-state index < -0.39 is 26.3 Å². The van der Waals surface area contributed by atoms with Crippen LogP contribution in [0.4, 0.5) is 22.2 Å². The molecule has 0 saturated carbocycles. The molecule has 5 N–H and O–H groups in total. The molecule has 36 heavy (non-hydrogen) atoms. The van der Waals surface area contributed by atoms with Crippen LogP contribution in [-0.4, -0.2) is 86.5 Å². The Morgan fingerprint density at radius 1 is 0.972 bits per heavy atom. The van der Waals surface area contributed by atoms with Crippen molar-refractivity contribution in [2.75, 3.05) is 55.6 Å². The lowest BCUT2D eigenvalue weighted by atomic mass is 10.3. The van der Waals surface area contributed by atoms with Crippen LogP contribution >= 0.6 is 23.2 Å². The summed E-state index contributed by atoms with van der Waals surface area (Å²) in [5.41, 5.74) is 1.27. The first-order valence-electron chi connectivity index (χ1n) is 9.95. The van der Waals surface area contributed by atoms with Crippen molar-refractivity contribution >= 4 is 66.9 Å². The molecule has 2 aromatic rings. The Morgan fingerprint density at radius 3 is 2.03 bits per heavy atom. The molecule has 1 aromatic heterocycles. The zero-order valence-corrected chi connectivity index (χ0v) is 23.4. The van der Waals surface area contributed by atoms with Gasteiger partial charge in [-0.1, -0.05) is 23.2 Å². The predicted molar refractivity (Wildman–Crippen MR) is 142 cm³/mol. The largest absolute Gasteiger partial charge is 0.370 e. The van der Waals surface area contributed by atoms with Crippen LogP contribution in [0.3, 0.4) is 0 Å². The molecule has 1 aromatic carbocycles. The maximum absolute atomic E-state index is 12.1. The Hall–Kier alpha value is -2.27. The first kappa shape index (κ1) is 33.7. The first-order valence-corrected chi connectivity index (χ1v) is 14.4. The van der Waals surface area contributed by atoms with Crippen LogP contribution in [0.5, 0.6) is 0 Å². The van der Waals surface area contributed by atoms with Crippen molar-refractivity contribution in [3.8, 4) is 0 Å². The number of rotatable bonds is 7. The van der Waals surface area contributed by atoms with Crippen molar-refractivity contribution in [2.24, 2.45) is 0 Å². The summed E-state index contributed by atoms with van der Waals surface area (Å²) in [5.74, 6) is 0.888. The summed E-state index contributed by atoms with van der Waals surface area (Å²) in [4.78, 5) is 22.8. The number of aromatic nitrogens is 2. The SMILES string of the molecule is CS(=O)(=O)O.CS(=O)(=O)O.Cc1cc(NCCCN(C)C)nc(NC(=O)Nc2ccc(Cl)c(Cl)c2)n1. The Bertz CT molecular complexity index is 1170. The quantitative estimate of drug-likeness (QED) is 0.236. The molecule has 0 bridgehead atoms. The third kappa shape index (κ3) is 21.0. The molecule has 2 amide bonds. The summed E-state index contributed by atoms with van der Waals surface area (Å²) in [6.07, 6.45) is 2.41. The van der Waals surface area contributed by atoms with Crippen LogP contribution in [0.1, 0.15) is 12.1 Å². The van der Waals surface area contributed by atoms with E-state index in [9.17, 15) is 21.6 Å². The van der Waals surface area contributed by atoms with Crippen LogP contribution in [0.25, 0.3) is 0 Å². The molecule has 17 heteroatoms. The van der Waals surface area contributed by atoms with Gasteiger partial charge in [0.2, 0.25) is 5.95 Å². The van der Waals surface area contributed by atoms with E-state index in [-0.39, 0.29) is 5.95 Å². The fourth-order valence-electron chi connectivity index (χ4n) is 2.16. The summed E-state index contributed by atoms with van der Waals surface area (Å²) in [7, 11) is -3.27. The maximum Gasteiger partial charge on any atom is 0.326 e. The smallest absolute Gasteiger partial charge is 0.326 e. The topological polar surface area (TPSA) is 191 Å². The molecular weight excluding hydrogens is 559 g/mol. The number of amides is 2. The van der Waals surface area contributed by atoms with Gasteiger partial charge < -0.3 is 15.5 Å². The van der Waals surface area contributed by atoms with Crippen molar-refractivity contribution in [2.45, 2.75) is 13.3 Å². The Morgan fingerprint density at radius 2 is 1.53 bits per heavy atom.